The van der Waals surface area contributed by atoms with Crippen molar-refractivity contribution in [3.8, 4) is 0 Å². The fourth-order valence-corrected chi connectivity index (χ4v) is 4.86. The predicted molar refractivity (Wildman–Crippen MR) is 121 cm³/mol. The van der Waals surface area contributed by atoms with Gasteiger partial charge >= 0.3 is 0 Å². The third-order valence-corrected chi connectivity index (χ3v) is 6.44. The fourth-order valence-electron chi connectivity index (χ4n) is 3.75. The Bertz CT molecular complexity index is 961. The minimum atomic E-state index is -0.283. The first-order valence-corrected chi connectivity index (χ1v) is 11.1. The molecule has 2 aromatic carbocycles. The molecule has 0 aromatic heterocycles. The quantitative estimate of drug-likeness (QED) is 0.603. The van der Waals surface area contributed by atoms with Gasteiger partial charge in [-0.1, -0.05) is 37.6 Å². The highest BCUT2D eigenvalue weighted by atomic mass is 35.5. The van der Waals surface area contributed by atoms with Crippen LogP contribution in [0.1, 0.15) is 32.3 Å². The third-order valence-electron chi connectivity index (χ3n) is 5.11. The molecule has 2 amide bonds. The van der Waals surface area contributed by atoms with Crippen molar-refractivity contribution >= 4 is 52.1 Å². The first kappa shape index (κ1) is 20.0. The van der Waals surface area contributed by atoms with Crippen LogP contribution < -0.4 is 9.80 Å². The van der Waals surface area contributed by atoms with Crippen LogP contribution in [-0.4, -0.2) is 30.2 Å². The molecule has 4 rings (SSSR count). The third kappa shape index (κ3) is 3.94. The molecule has 0 aliphatic carbocycles. The first-order valence-electron chi connectivity index (χ1n) is 9.86. The van der Waals surface area contributed by atoms with E-state index in [2.05, 4.69) is 4.90 Å². The molecular formula is C23H23ClN2O2S. The highest BCUT2D eigenvalue weighted by Crippen LogP contribution is 2.40. The molecule has 0 atom stereocenters. The number of rotatable bonds is 5. The van der Waals surface area contributed by atoms with Crippen LogP contribution in [0.4, 0.5) is 11.4 Å². The van der Waals surface area contributed by atoms with Crippen molar-refractivity contribution in [3.63, 3.8) is 0 Å². The number of carbonyl (C=O) groups excluding carboxylic acids is 2. The second-order valence-corrected chi connectivity index (χ2v) is 9.56. The van der Waals surface area contributed by atoms with Gasteiger partial charge in [0.05, 0.1) is 16.2 Å². The minimum Gasteiger partial charge on any atom is -0.372 e. The number of thioether (sulfide) groups is 1. The summed E-state index contributed by atoms with van der Waals surface area (Å²) in [6.45, 7) is 6.14. The Kier molecular flexibility index (Phi) is 5.70. The second kappa shape index (κ2) is 8.25. The van der Waals surface area contributed by atoms with Crippen LogP contribution in [0.3, 0.4) is 0 Å². The zero-order chi connectivity index (χ0) is 20.5. The van der Waals surface area contributed by atoms with Crippen molar-refractivity contribution in [1.29, 1.82) is 0 Å². The van der Waals surface area contributed by atoms with Crippen LogP contribution in [0.15, 0.2) is 53.4 Å². The highest BCUT2D eigenvalue weighted by molar-refractivity contribution is 8.04. The van der Waals surface area contributed by atoms with Crippen molar-refractivity contribution in [1.82, 2.24) is 0 Å². The van der Waals surface area contributed by atoms with Crippen molar-refractivity contribution in [2.45, 2.75) is 31.9 Å². The number of anilines is 2. The number of nitrogens with zero attached hydrogens (tertiary/aromatic N) is 2. The van der Waals surface area contributed by atoms with E-state index < -0.39 is 0 Å². The predicted octanol–water partition coefficient (Wildman–Crippen LogP) is 5.37. The van der Waals surface area contributed by atoms with Gasteiger partial charge in [-0.3, -0.25) is 9.59 Å². The maximum absolute atomic E-state index is 13.3. The zero-order valence-electron chi connectivity index (χ0n) is 16.5. The lowest BCUT2D eigenvalue weighted by molar-refractivity contribution is -0.119. The van der Waals surface area contributed by atoms with Crippen LogP contribution in [0.25, 0.3) is 5.57 Å². The van der Waals surface area contributed by atoms with E-state index in [1.54, 1.807) is 24.3 Å². The standard InChI is InChI=1S/C23H23ClN2O2S/c1-15(2)29-21-20(16-5-7-17(24)8-6-16)22(27)26(23(21)28)19-11-9-18(10-12-19)25-13-3-4-14-25/h5-12,15H,3-4,13-14H2,1-2H3. The van der Waals surface area contributed by atoms with E-state index in [0.717, 1.165) is 18.8 Å². The van der Waals surface area contributed by atoms with Gasteiger partial charge < -0.3 is 4.90 Å². The Morgan fingerprint density at radius 3 is 2.03 bits per heavy atom. The summed E-state index contributed by atoms with van der Waals surface area (Å²) in [5.74, 6) is -0.540. The summed E-state index contributed by atoms with van der Waals surface area (Å²) < 4.78 is 0. The summed E-state index contributed by atoms with van der Waals surface area (Å²) in [6, 6.07) is 14.8. The molecule has 1 saturated heterocycles. The molecule has 2 aromatic rings. The Morgan fingerprint density at radius 2 is 1.45 bits per heavy atom. The maximum atomic E-state index is 13.3. The number of halogens is 1. The van der Waals surface area contributed by atoms with Gasteiger partial charge in [-0.15, -0.1) is 11.8 Å². The van der Waals surface area contributed by atoms with Gasteiger partial charge in [-0.25, -0.2) is 4.90 Å². The SMILES string of the molecule is CC(C)SC1=C(c2ccc(Cl)cc2)C(=O)N(c2ccc(N3CCCC3)cc2)C1=O. The Hall–Kier alpha value is -2.24. The van der Waals surface area contributed by atoms with Crippen LogP contribution in [0.5, 0.6) is 0 Å². The Labute approximate surface area is 180 Å². The van der Waals surface area contributed by atoms with E-state index in [4.69, 9.17) is 11.6 Å². The van der Waals surface area contributed by atoms with Gasteiger partial charge in [-0.05, 0) is 54.8 Å². The normalized spacial score (nSPS) is 17.2. The van der Waals surface area contributed by atoms with Crippen molar-refractivity contribution in [2.75, 3.05) is 22.9 Å². The molecule has 4 nitrogen and oxygen atoms in total. The molecule has 0 radical (unpaired) electrons. The summed E-state index contributed by atoms with van der Waals surface area (Å²) >= 11 is 7.44. The van der Waals surface area contributed by atoms with Gasteiger partial charge in [-0.2, -0.15) is 0 Å². The number of carbonyl (C=O) groups is 2. The fraction of sp³-hybridized carbons (Fsp3) is 0.304. The monoisotopic (exact) mass is 426 g/mol. The molecule has 0 unspecified atom stereocenters. The lowest BCUT2D eigenvalue weighted by atomic mass is 10.1. The minimum absolute atomic E-state index is 0.182. The summed E-state index contributed by atoms with van der Waals surface area (Å²) in [4.78, 5) is 30.7. The van der Waals surface area contributed by atoms with E-state index in [1.165, 1.54) is 29.5 Å². The van der Waals surface area contributed by atoms with Crippen molar-refractivity contribution < 1.29 is 9.59 Å². The number of amides is 2. The smallest absolute Gasteiger partial charge is 0.272 e. The van der Waals surface area contributed by atoms with Gasteiger partial charge in [0.2, 0.25) is 0 Å². The van der Waals surface area contributed by atoms with Gasteiger partial charge in [0.15, 0.2) is 0 Å². The molecule has 0 N–H and O–H groups in total. The average Bonchev–Trinajstić information content (AvgIpc) is 3.31. The molecular weight excluding hydrogens is 404 g/mol. The van der Waals surface area contributed by atoms with Crippen LogP contribution >= 0.6 is 23.4 Å². The highest BCUT2D eigenvalue weighted by Gasteiger charge is 2.40. The van der Waals surface area contributed by atoms with E-state index in [9.17, 15) is 9.59 Å². The molecule has 2 aliphatic heterocycles. The summed E-state index contributed by atoms with van der Waals surface area (Å²) in [7, 11) is 0. The maximum Gasteiger partial charge on any atom is 0.272 e. The molecule has 29 heavy (non-hydrogen) atoms. The number of hydrogen-bond acceptors (Lipinski definition) is 4. The van der Waals surface area contributed by atoms with Crippen molar-refractivity contribution in [2.24, 2.45) is 0 Å². The van der Waals surface area contributed by atoms with E-state index in [0.29, 0.717) is 26.8 Å². The summed E-state index contributed by atoms with van der Waals surface area (Å²) in [5.41, 5.74) is 2.91. The number of imide groups is 1. The Balaban J connectivity index is 1.68. The van der Waals surface area contributed by atoms with Crippen molar-refractivity contribution in [3.05, 3.63) is 64.0 Å². The van der Waals surface area contributed by atoms with Gasteiger partial charge in [0, 0.05) is 29.0 Å². The largest absolute Gasteiger partial charge is 0.372 e. The molecule has 6 heteroatoms. The molecule has 1 fully saturated rings. The number of hydrogen-bond donors (Lipinski definition) is 0. The summed E-state index contributed by atoms with van der Waals surface area (Å²) in [6.07, 6.45) is 2.41. The van der Waals surface area contributed by atoms with Gasteiger partial charge in [0.1, 0.15) is 0 Å². The van der Waals surface area contributed by atoms with E-state index in [-0.39, 0.29) is 17.1 Å². The van der Waals surface area contributed by atoms with Crippen LogP contribution in [0.2, 0.25) is 5.02 Å². The molecule has 2 aliphatic rings. The second-order valence-electron chi connectivity index (χ2n) is 7.53. The molecule has 2 heterocycles. The lowest BCUT2D eigenvalue weighted by Crippen LogP contribution is -2.31. The van der Waals surface area contributed by atoms with Gasteiger partial charge in [0.25, 0.3) is 11.8 Å². The molecule has 0 bridgehead atoms. The molecule has 150 valence electrons. The lowest BCUT2D eigenvalue weighted by Gasteiger charge is -2.20. The summed E-state index contributed by atoms with van der Waals surface area (Å²) in [5, 5.41) is 0.778. The number of benzene rings is 2. The van der Waals surface area contributed by atoms with Crippen LogP contribution in [0, 0.1) is 0 Å². The average molecular weight is 427 g/mol. The van der Waals surface area contributed by atoms with E-state index >= 15 is 0 Å². The Morgan fingerprint density at radius 1 is 0.862 bits per heavy atom. The zero-order valence-corrected chi connectivity index (χ0v) is 18.1. The molecule has 0 spiro atoms. The molecule has 0 saturated carbocycles. The van der Waals surface area contributed by atoms with Crippen LogP contribution in [-0.2, 0) is 9.59 Å². The van der Waals surface area contributed by atoms with E-state index in [1.807, 2.05) is 38.1 Å². The topological polar surface area (TPSA) is 40.6 Å². The first-order chi connectivity index (χ1) is 14.0.